The van der Waals surface area contributed by atoms with E-state index in [2.05, 4.69) is 5.32 Å². The molecule has 0 aliphatic heterocycles. The zero-order valence-corrected chi connectivity index (χ0v) is 8.34. The fraction of sp³-hybridized carbons (Fsp3) is 0.889. The summed E-state index contributed by atoms with van der Waals surface area (Å²) in [5.74, 6) is -1.07. The summed E-state index contributed by atoms with van der Waals surface area (Å²) in [5.41, 5.74) is 0. The minimum absolute atomic E-state index is 0.00168. The molecule has 1 fully saturated rings. The fourth-order valence-corrected chi connectivity index (χ4v) is 1.55. The number of carboxylic acids is 1. The molecule has 0 aromatic heterocycles. The van der Waals surface area contributed by atoms with E-state index in [-0.39, 0.29) is 5.92 Å². The van der Waals surface area contributed by atoms with Crippen LogP contribution in [0.25, 0.3) is 0 Å². The van der Waals surface area contributed by atoms with E-state index >= 15 is 0 Å². The number of carbonyl (C=O) groups is 1. The van der Waals surface area contributed by atoms with Gasteiger partial charge in [0, 0.05) is 6.04 Å². The van der Waals surface area contributed by atoms with Gasteiger partial charge in [0.05, 0.1) is 6.42 Å². The Morgan fingerprint density at radius 2 is 2.07 bits per heavy atom. The lowest BCUT2D eigenvalue weighted by Gasteiger charge is -2.20. The van der Waals surface area contributed by atoms with Crippen LogP contribution in [0.1, 0.15) is 26.2 Å². The van der Waals surface area contributed by atoms with E-state index < -0.39 is 30.7 Å². The van der Waals surface area contributed by atoms with Gasteiger partial charge in [0.2, 0.25) is 0 Å². The van der Waals surface area contributed by atoms with Gasteiger partial charge in [0.15, 0.2) is 0 Å². The molecule has 1 aliphatic carbocycles. The molecule has 0 bridgehead atoms. The first kappa shape index (κ1) is 12.3. The van der Waals surface area contributed by atoms with Gasteiger partial charge in [-0.2, -0.15) is 13.2 Å². The number of alkyl halides is 3. The first-order valence-electron chi connectivity index (χ1n) is 4.85. The second-order valence-electron chi connectivity index (χ2n) is 4.04. The molecule has 0 aromatic carbocycles. The predicted molar refractivity (Wildman–Crippen MR) is 47.4 cm³/mol. The van der Waals surface area contributed by atoms with Crippen LogP contribution >= 0.6 is 0 Å². The molecular weight excluding hydrogens is 211 g/mol. The molecule has 3 nitrogen and oxygen atoms in total. The Balaban J connectivity index is 2.40. The summed E-state index contributed by atoms with van der Waals surface area (Å²) < 4.78 is 36.0. The largest absolute Gasteiger partial charge is 0.480 e. The quantitative estimate of drug-likeness (QED) is 0.749. The van der Waals surface area contributed by atoms with Crippen LogP contribution in [-0.2, 0) is 4.79 Å². The molecule has 0 radical (unpaired) electrons. The average molecular weight is 225 g/mol. The molecule has 2 unspecified atom stereocenters. The maximum atomic E-state index is 12.0. The van der Waals surface area contributed by atoms with Crippen LogP contribution in [0.3, 0.4) is 0 Å². The van der Waals surface area contributed by atoms with Crippen LogP contribution < -0.4 is 5.32 Å². The molecule has 0 spiro atoms. The summed E-state index contributed by atoms with van der Waals surface area (Å²) in [4.78, 5) is 10.7. The Morgan fingerprint density at radius 1 is 1.53 bits per heavy atom. The van der Waals surface area contributed by atoms with Gasteiger partial charge in [-0.1, -0.05) is 0 Å². The van der Waals surface area contributed by atoms with Crippen molar-refractivity contribution in [2.24, 2.45) is 5.92 Å². The van der Waals surface area contributed by atoms with E-state index in [1.165, 1.54) is 6.92 Å². The highest BCUT2D eigenvalue weighted by atomic mass is 19.4. The fourth-order valence-electron chi connectivity index (χ4n) is 1.55. The zero-order chi connectivity index (χ0) is 11.6. The van der Waals surface area contributed by atoms with Crippen LogP contribution in [0.2, 0.25) is 0 Å². The number of hydrogen-bond donors (Lipinski definition) is 2. The van der Waals surface area contributed by atoms with E-state index in [4.69, 9.17) is 5.11 Å². The summed E-state index contributed by atoms with van der Waals surface area (Å²) >= 11 is 0. The second kappa shape index (κ2) is 4.38. The number of hydrogen-bond acceptors (Lipinski definition) is 2. The molecular formula is C9H14F3NO2. The molecule has 0 amide bonds. The highest BCUT2D eigenvalue weighted by molar-refractivity contribution is 5.74. The minimum Gasteiger partial charge on any atom is -0.480 e. The highest BCUT2D eigenvalue weighted by Gasteiger charge is 2.38. The van der Waals surface area contributed by atoms with Crippen molar-refractivity contribution in [3.8, 4) is 0 Å². The van der Waals surface area contributed by atoms with Crippen molar-refractivity contribution in [3.05, 3.63) is 0 Å². The first-order chi connectivity index (χ1) is 6.79. The van der Waals surface area contributed by atoms with Crippen molar-refractivity contribution in [2.75, 3.05) is 0 Å². The van der Waals surface area contributed by atoms with Crippen LogP contribution in [0.15, 0.2) is 0 Å². The van der Waals surface area contributed by atoms with Gasteiger partial charge < -0.3 is 10.4 Å². The van der Waals surface area contributed by atoms with Gasteiger partial charge in [0.25, 0.3) is 0 Å². The summed E-state index contributed by atoms with van der Waals surface area (Å²) in [5, 5.41) is 11.3. The third-order valence-corrected chi connectivity index (χ3v) is 2.36. The lowest BCUT2D eigenvalue weighted by atomic mass is 10.1. The van der Waals surface area contributed by atoms with E-state index in [9.17, 15) is 18.0 Å². The SMILES string of the molecule is CC(CC(F)(F)F)NC(C(=O)O)C1CC1. The molecule has 0 heterocycles. The number of rotatable bonds is 5. The van der Waals surface area contributed by atoms with Crippen molar-refractivity contribution in [1.82, 2.24) is 5.32 Å². The van der Waals surface area contributed by atoms with Crippen LogP contribution in [0.4, 0.5) is 13.2 Å². The van der Waals surface area contributed by atoms with Gasteiger partial charge in [-0.3, -0.25) is 4.79 Å². The average Bonchev–Trinajstić information content (AvgIpc) is 2.78. The van der Waals surface area contributed by atoms with E-state index in [1.807, 2.05) is 0 Å². The van der Waals surface area contributed by atoms with E-state index in [1.54, 1.807) is 0 Å². The van der Waals surface area contributed by atoms with Crippen molar-refractivity contribution < 1.29 is 23.1 Å². The van der Waals surface area contributed by atoms with Crippen LogP contribution in [-0.4, -0.2) is 29.3 Å². The molecule has 0 aromatic rings. The minimum atomic E-state index is -4.25. The lowest BCUT2D eigenvalue weighted by molar-refractivity contribution is -0.146. The molecule has 1 aliphatic rings. The molecule has 15 heavy (non-hydrogen) atoms. The second-order valence-corrected chi connectivity index (χ2v) is 4.04. The van der Waals surface area contributed by atoms with Crippen molar-refractivity contribution >= 4 is 5.97 Å². The molecule has 6 heteroatoms. The van der Waals surface area contributed by atoms with Crippen molar-refractivity contribution in [2.45, 2.75) is 44.4 Å². The highest BCUT2D eigenvalue weighted by Crippen LogP contribution is 2.33. The van der Waals surface area contributed by atoms with E-state index in [0.29, 0.717) is 0 Å². The molecule has 88 valence electrons. The van der Waals surface area contributed by atoms with Gasteiger partial charge >= 0.3 is 12.1 Å². The Bertz CT molecular complexity index is 238. The van der Waals surface area contributed by atoms with Gasteiger partial charge in [-0.05, 0) is 25.7 Å². The molecule has 0 saturated heterocycles. The van der Waals surface area contributed by atoms with Crippen LogP contribution in [0, 0.1) is 5.92 Å². The Kier molecular flexibility index (Phi) is 3.59. The Labute approximate surface area is 85.7 Å². The number of nitrogens with one attached hydrogen (secondary N) is 1. The smallest absolute Gasteiger partial charge is 0.390 e. The number of carboxylic acid groups (broad SMARTS) is 1. The van der Waals surface area contributed by atoms with Crippen molar-refractivity contribution in [3.63, 3.8) is 0 Å². The number of aliphatic carboxylic acids is 1. The lowest BCUT2D eigenvalue weighted by Crippen LogP contribution is -2.45. The molecule has 2 N–H and O–H groups in total. The van der Waals surface area contributed by atoms with Crippen LogP contribution in [0.5, 0.6) is 0 Å². The number of halogens is 3. The zero-order valence-electron chi connectivity index (χ0n) is 8.34. The third kappa shape index (κ3) is 4.51. The molecule has 2 atom stereocenters. The standard InChI is InChI=1S/C9H14F3NO2/c1-5(4-9(10,11)12)13-7(8(14)15)6-2-3-6/h5-7,13H,2-4H2,1H3,(H,14,15). The maximum absolute atomic E-state index is 12.0. The van der Waals surface area contributed by atoms with Gasteiger partial charge in [-0.25, -0.2) is 0 Å². The third-order valence-electron chi connectivity index (χ3n) is 2.36. The molecule has 1 saturated carbocycles. The normalized spacial score (nSPS) is 21.1. The Morgan fingerprint density at radius 3 is 2.40 bits per heavy atom. The summed E-state index contributed by atoms with van der Waals surface area (Å²) in [6.07, 6.45) is -3.69. The summed E-state index contributed by atoms with van der Waals surface area (Å²) in [6.45, 7) is 1.35. The summed E-state index contributed by atoms with van der Waals surface area (Å²) in [6, 6.07) is -1.69. The maximum Gasteiger partial charge on any atom is 0.390 e. The first-order valence-corrected chi connectivity index (χ1v) is 4.85. The Hall–Kier alpha value is -0.780. The van der Waals surface area contributed by atoms with Gasteiger partial charge in [-0.15, -0.1) is 0 Å². The van der Waals surface area contributed by atoms with Crippen molar-refractivity contribution in [1.29, 1.82) is 0 Å². The summed E-state index contributed by atoms with van der Waals surface area (Å²) in [7, 11) is 0. The molecule has 1 rings (SSSR count). The predicted octanol–water partition coefficient (Wildman–Crippen LogP) is 1.78. The van der Waals surface area contributed by atoms with Gasteiger partial charge in [0.1, 0.15) is 6.04 Å². The van der Waals surface area contributed by atoms with E-state index in [0.717, 1.165) is 12.8 Å². The monoisotopic (exact) mass is 225 g/mol. The topological polar surface area (TPSA) is 49.3 Å².